The molecule has 0 spiro atoms. The lowest BCUT2D eigenvalue weighted by Gasteiger charge is -2.32. The summed E-state index contributed by atoms with van der Waals surface area (Å²) < 4.78 is 10.5. The molecule has 0 N–H and O–H groups in total. The van der Waals surface area contributed by atoms with E-state index in [1.54, 1.807) is 7.11 Å². The Hall–Kier alpha value is -1.62. The van der Waals surface area contributed by atoms with Gasteiger partial charge in [0.1, 0.15) is 6.61 Å². The summed E-state index contributed by atoms with van der Waals surface area (Å²) in [5.41, 5.74) is 2.21. The molecule has 126 valence electrons. The average Bonchev–Trinajstić information content (AvgIpc) is 2.61. The molecule has 0 saturated heterocycles. The van der Waals surface area contributed by atoms with E-state index >= 15 is 0 Å². The van der Waals surface area contributed by atoms with Crippen molar-refractivity contribution in [1.29, 1.82) is 0 Å². The zero-order chi connectivity index (χ0) is 16.1. The predicted octanol–water partition coefficient (Wildman–Crippen LogP) is 2.57. The number of ether oxygens (including phenoxy) is 2. The molecule has 0 aromatic carbocycles. The largest absolute Gasteiger partial charge is 0.475 e. The second-order valence-electron chi connectivity index (χ2n) is 6.44. The van der Waals surface area contributed by atoms with E-state index < -0.39 is 0 Å². The van der Waals surface area contributed by atoms with Gasteiger partial charge < -0.3 is 14.4 Å². The second-order valence-corrected chi connectivity index (χ2v) is 6.44. The van der Waals surface area contributed by atoms with Gasteiger partial charge in [-0.25, -0.2) is 4.98 Å². The molecule has 3 rings (SSSR count). The highest BCUT2D eigenvalue weighted by Gasteiger charge is 2.28. The Bertz CT molecular complexity index is 541. The van der Waals surface area contributed by atoms with Crippen LogP contribution >= 0.6 is 0 Å². The molecule has 0 unspecified atom stereocenters. The van der Waals surface area contributed by atoms with Crippen LogP contribution in [-0.4, -0.2) is 42.7 Å². The summed E-state index contributed by atoms with van der Waals surface area (Å²) in [5.74, 6) is 1.23. The molecule has 23 heavy (non-hydrogen) atoms. The van der Waals surface area contributed by atoms with Gasteiger partial charge in [-0.2, -0.15) is 0 Å². The van der Waals surface area contributed by atoms with E-state index in [1.807, 2.05) is 17.0 Å². The SMILES string of the molecule is COCCOc1ccc2c(n1)CCN(C(=O)C1CCCCC1)C2. The van der Waals surface area contributed by atoms with Crippen LogP contribution in [0.5, 0.6) is 5.88 Å². The van der Waals surface area contributed by atoms with Gasteiger partial charge in [-0.3, -0.25) is 4.79 Å². The van der Waals surface area contributed by atoms with E-state index in [2.05, 4.69) is 4.98 Å². The third-order valence-corrected chi connectivity index (χ3v) is 4.83. The highest BCUT2D eigenvalue weighted by atomic mass is 16.5. The molecule has 1 aliphatic carbocycles. The van der Waals surface area contributed by atoms with Gasteiger partial charge in [-0.15, -0.1) is 0 Å². The van der Waals surface area contributed by atoms with Gasteiger partial charge >= 0.3 is 0 Å². The van der Waals surface area contributed by atoms with Crippen LogP contribution in [0.2, 0.25) is 0 Å². The predicted molar refractivity (Wildman–Crippen MR) is 87.3 cm³/mol. The van der Waals surface area contributed by atoms with E-state index in [9.17, 15) is 4.79 Å². The smallest absolute Gasteiger partial charge is 0.225 e. The molecular formula is C18H26N2O3. The van der Waals surface area contributed by atoms with Crippen molar-refractivity contribution in [2.45, 2.75) is 45.1 Å². The molecule has 2 heterocycles. The number of hydrogen-bond donors (Lipinski definition) is 0. The lowest BCUT2D eigenvalue weighted by Crippen LogP contribution is -2.40. The standard InChI is InChI=1S/C18H26N2O3/c1-22-11-12-23-17-8-7-15-13-20(10-9-16(15)19-17)18(21)14-5-3-2-4-6-14/h7-8,14H,2-6,9-13H2,1H3. The lowest BCUT2D eigenvalue weighted by molar-refractivity contribution is -0.137. The number of aromatic nitrogens is 1. The Balaban J connectivity index is 1.60. The fourth-order valence-electron chi connectivity index (χ4n) is 3.50. The number of nitrogens with zero attached hydrogens (tertiary/aromatic N) is 2. The number of pyridine rings is 1. The van der Waals surface area contributed by atoms with Crippen molar-refractivity contribution in [3.8, 4) is 5.88 Å². The van der Waals surface area contributed by atoms with Crippen molar-refractivity contribution in [2.75, 3.05) is 26.9 Å². The summed E-state index contributed by atoms with van der Waals surface area (Å²) >= 11 is 0. The molecule has 0 radical (unpaired) electrons. The molecule has 1 fully saturated rings. The monoisotopic (exact) mass is 318 g/mol. The minimum absolute atomic E-state index is 0.245. The molecule has 1 aromatic rings. The van der Waals surface area contributed by atoms with Crippen LogP contribution in [0, 0.1) is 5.92 Å². The van der Waals surface area contributed by atoms with Crippen LogP contribution < -0.4 is 4.74 Å². The highest BCUT2D eigenvalue weighted by molar-refractivity contribution is 5.79. The minimum atomic E-state index is 0.245. The first-order chi connectivity index (χ1) is 11.3. The molecule has 1 aliphatic heterocycles. The fourth-order valence-corrected chi connectivity index (χ4v) is 3.50. The summed E-state index contributed by atoms with van der Waals surface area (Å²) in [4.78, 5) is 19.3. The Morgan fingerprint density at radius 1 is 1.26 bits per heavy atom. The second kappa shape index (κ2) is 7.77. The summed E-state index contributed by atoms with van der Waals surface area (Å²) in [5, 5.41) is 0. The third kappa shape index (κ3) is 4.02. The first kappa shape index (κ1) is 16.2. The average molecular weight is 318 g/mol. The van der Waals surface area contributed by atoms with Crippen molar-refractivity contribution >= 4 is 5.91 Å². The first-order valence-corrected chi connectivity index (χ1v) is 8.67. The van der Waals surface area contributed by atoms with Gasteiger partial charge in [-0.1, -0.05) is 25.3 Å². The van der Waals surface area contributed by atoms with Crippen molar-refractivity contribution in [3.63, 3.8) is 0 Å². The maximum atomic E-state index is 12.7. The van der Waals surface area contributed by atoms with E-state index in [-0.39, 0.29) is 5.92 Å². The van der Waals surface area contributed by atoms with Crippen LogP contribution in [0.3, 0.4) is 0 Å². The molecule has 1 aromatic heterocycles. The number of amides is 1. The number of methoxy groups -OCH3 is 1. The zero-order valence-corrected chi connectivity index (χ0v) is 13.9. The topological polar surface area (TPSA) is 51.7 Å². The van der Waals surface area contributed by atoms with Gasteiger partial charge in [0.25, 0.3) is 0 Å². The number of fused-ring (bicyclic) bond motifs is 1. The molecular weight excluding hydrogens is 292 g/mol. The Morgan fingerprint density at radius 3 is 2.87 bits per heavy atom. The Kier molecular flexibility index (Phi) is 5.49. The van der Waals surface area contributed by atoms with E-state index in [4.69, 9.17) is 9.47 Å². The maximum Gasteiger partial charge on any atom is 0.225 e. The van der Waals surface area contributed by atoms with Crippen LogP contribution in [0.1, 0.15) is 43.4 Å². The Morgan fingerprint density at radius 2 is 2.09 bits per heavy atom. The van der Waals surface area contributed by atoms with Gasteiger partial charge in [0, 0.05) is 38.6 Å². The summed E-state index contributed by atoms with van der Waals surface area (Å²) in [6, 6.07) is 3.94. The van der Waals surface area contributed by atoms with Gasteiger partial charge in [0.05, 0.1) is 12.3 Å². The lowest BCUT2D eigenvalue weighted by atomic mass is 9.87. The molecule has 0 bridgehead atoms. The van der Waals surface area contributed by atoms with Crippen LogP contribution in [0.15, 0.2) is 12.1 Å². The van der Waals surface area contributed by atoms with Gasteiger partial charge in [0.15, 0.2) is 0 Å². The molecule has 1 amide bonds. The van der Waals surface area contributed by atoms with E-state index in [0.29, 0.717) is 31.5 Å². The molecule has 1 saturated carbocycles. The maximum absolute atomic E-state index is 12.7. The summed E-state index contributed by atoms with van der Waals surface area (Å²) in [6.07, 6.45) is 6.62. The van der Waals surface area contributed by atoms with E-state index in [0.717, 1.165) is 37.1 Å². The first-order valence-electron chi connectivity index (χ1n) is 8.67. The van der Waals surface area contributed by atoms with Crippen LogP contribution in [0.25, 0.3) is 0 Å². The number of carbonyl (C=O) groups is 1. The summed E-state index contributed by atoms with van der Waals surface area (Å²) in [6.45, 7) is 2.53. The van der Waals surface area contributed by atoms with Crippen molar-refractivity contribution in [2.24, 2.45) is 5.92 Å². The number of carbonyl (C=O) groups excluding carboxylic acids is 1. The third-order valence-electron chi connectivity index (χ3n) is 4.83. The zero-order valence-electron chi connectivity index (χ0n) is 13.9. The minimum Gasteiger partial charge on any atom is -0.475 e. The van der Waals surface area contributed by atoms with Gasteiger partial charge in [-0.05, 0) is 18.4 Å². The normalized spacial score (nSPS) is 18.6. The Labute approximate surface area is 138 Å². The van der Waals surface area contributed by atoms with Crippen LogP contribution in [-0.2, 0) is 22.5 Å². The molecule has 5 nitrogen and oxygen atoms in total. The van der Waals surface area contributed by atoms with Crippen molar-refractivity contribution in [1.82, 2.24) is 9.88 Å². The van der Waals surface area contributed by atoms with Gasteiger partial charge in [0.2, 0.25) is 11.8 Å². The molecule has 2 aliphatic rings. The summed E-state index contributed by atoms with van der Waals surface area (Å²) in [7, 11) is 1.65. The van der Waals surface area contributed by atoms with E-state index in [1.165, 1.54) is 19.3 Å². The fraction of sp³-hybridized carbons (Fsp3) is 0.667. The van der Waals surface area contributed by atoms with Crippen molar-refractivity contribution < 1.29 is 14.3 Å². The van der Waals surface area contributed by atoms with Crippen molar-refractivity contribution in [3.05, 3.63) is 23.4 Å². The number of rotatable bonds is 5. The van der Waals surface area contributed by atoms with Crippen LogP contribution in [0.4, 0.5) is 0 Å². The highest BCUT2D eigenvalue weighted by Crippen LogP contribution is 2.28. The molecule has 5 heteroatoms. The number of hydrogen-bond acceptors (Lipinski definition) is 4. The quantitative estimate of drug-likeness (QED) is 0.783. The molecule has 0 atom stereocenters.